The number of aliphatic hydroxyl groups excluding tert-OH is 1. The first kappa shape index (κ1) is 27.4. The lowest BCUT2D eigenvalue weighted by Gasteiger charge is -2.23. The molecule has 1 aliphatic rings. The van der Waals surface area contributed by atoms with E-state index in [1.54, 1.807) is 0 Å². The van der Waals surface area contributed by atoms with Crippen LogP contribution in [-0.4, -0.2) is 64.9 Å². The van der Waals surface area contributed by atoms with Crippen LogP contribution in [0.25, 0.3) is 0 Å². The summed E-state index contributed by atoms with van der Waals surface area (Å²) >= 11 is 0. The van der Waals surface area contributed by atoms with E-state index in [1.807, 2.05) is 13.8 Å². The highest BCUT2D eigenvalue weighted by molar-refractivity contribution is 5.83. The van der Waals surface area contributed by atoms with Crippen LogP contribution in [0, 0.1) is 0 Å². The maximum atomic E-state index is 15.0. The number of hydrogen-bond donors (Lipinski definition) is 2. The lowest BCUT2D eigenvalue weighted by molar-refractivity contribution is -0.146. The summed E-state index contributed by atoms with van der Waals surface area (Å²) < 4.78 is 50.2. The van der Waals surface area contributed by atoms with Gasteiger partial charge in [0.05, 0.1) is 19.8 Å². The van der Waals surface area contributed by atoms with Crippen molar-refractivity contribution in [3.63, 3.8) is 0 Å². The van der Waals surface area contributed by atoms with E-state index < -0.39 is 48.9 Å². The summed E-state index contributed by atoms with van der Waals surface area (Å²) in [4.78, 5) is 39.5. The molecular weight excluding hydrogens is 460 g/mol. The first-order valence-corrected chi connectivity index (χ1v) is 11.2. The first-order chi connectivity index (χ1) is 16.2. The minimum absolute atomic E-state index is 0.00206. The van der Waals surface area contributed by atoms with Gasteiger partial charge in [0.25, 0.3) is 0 Å². The van der Waals surface area contributed by atoms with E-state index in [0.29, 0.717) is 17.4 Å². The van der Waals surface area contributed by atoms with Crippen molar-refractivity contribution in [3.05, 3.63) is 22.7 Å². The molecule has 1 unspecified atom stereocenters. The molecule has 0 radical (unpaired) electrons. The zero-order valence-electron chi connectivity index (χ0n) is 19.2. The van der Waals surface area contributed by atoms with Gasteiger partial charge in [-0.25, -0.2) is 14.4 Å². The Kier molecular flexibility index (Phi) is 10.6. The number of halogens is 2. The Hall–Kier alpha value is -2.80. The van der Waals surface area contributed by atoms with Crippen LogP contribution in [0.1, 0.15) is 58.6 Å². The SMILES string of the molecule is CCCCCOC(=O)Nc1ccn([C@@H]2OC(CO)[C@@H](OC(=O)OCCCCC)C2(F)F)c(=O)n1. The van der Waals surface area contributed by atoms with Crippen LogP contribution in [0.5, 0.6) is 0 Å². The first-order valence-electron chi connectivity index (χ1n) is 11.2. The number of ether oxygens (including phenoxy) is 4. The highest BCUT2D eigenvalue weighted by Gasteiger charge is 2.62. The Bertz CT molecular complexity index is 867. The summed E-state index contributed by atoms with van der Waals surface area (Å²) in [5, 5.41) is 11.7. The lowest BCUT2D eigenvalue weighted by atomic mass is 10.1. The molecule has 2 N–H and O–H groups in total. The van der Waals surface area contributed by atoms with Crippen LogP contribution in [-0.2, 0) is 18.9 Å². The van der Waals surface area contributed by atoms with Gasteiger partial charge in [0.1, 0.15) is 11.9 Å². The highest BCUT2D eigenvalue weighted by Crippen LogP contribution is 2.43. The fourth-order valence-electron chi connectivity index (χ4n) is 3.22. The van der Waals surface area contributed by atoms with Crippen molar-refractivity contribution < 1.29 is 42.4 Å². The molecule has 0 bridgehead atoms. The number of alkyl halides is 2. The molecule has 0 aromatic carbocycles. The van der Waals surface area contributed by atoms with E-state index in [0.717, 1.165) is 37.9 Å². The number of hydrogen-bond acceptors (Lipinski definition) is 9. The molecule has 0 saturated carbocycles. The van der Waals surface area contributed by atoms with E-state index >= 15 is 8.78 Å². The number of anilines is 1. The lowest BCUT2D eigenvalue weighted by Crippen LogP contribution is -2.44. The molecule has 2 rings (SSSR count). The highest BCUT2D eigenvalue weighted by atomic mass is 19.3. The second-order valence-corrected chi connectivity index (χ2v) is 7.70. The van der Waals surface area contributed by atoms with E-state index in [4.69, 9.17) is 18.9 Å². The number of aromatic nitrogens is 2. The molecule has 1 amide bonds. The second-order valence-electron chi connectivity index (χ2n) is 7.70. The predicted octanol–water partition coefficient (Wildman–Crippen LogP) is 3.22. The second kappa shape index (κ2) is 13.2. The smallest absolute Gasteiger partial charge is 0.449 e. The number of amides is 1. The van der Waals surface area contributed by atoms with Gasteiger partial charge < -0.3 is 24.1 Å². The van der Waals surface area contributed by atoms with Gasteiger partial charge in [-0.15, -0.1) is 0 Å². The summed E-state index contributed by atoms with van der Waals surface area (Å²) in [6, 6.07) is 1.11. The molecule has 192 valence electrons. The van der Waals surface area contributed by atoms with Crippen molar-refractivity contribution in [2.45, 2.75) is 76.7 Å². The molecule has 1 aromatic heterocycles. The van der Waals surface area contributed by atoms with Gasteiger partial charge in [-0.1, -0.05) is 39.5 Å². The zero-order chi connectivity index (χ0) is 25.1. The van der Waals surface area contributed by atoms with Crippen LogP contribution in [0.3, 0.4) is 0 Å². The van der Waals surface area contributed by atoms with Crippen LogP contribution >= 0.6 is 0 Å². The minimum Gasteiger partial charge on any atom is -0.449 e. The van der Waals surface area contributed by atoms with Gasteiger partial charge in [-0.05, 0) is 18.9 Å². The van der Waals surface area contributed by atoms with E-state index in [1.165, 1.54) is 0 Å². The van der Waals surface area contributed by atoms with Crippen LogP contribution in [0.15, 0.2) is 17.1 Å². The molecule has 0 aliphatic carbocycles. The quantitative estimate of drug-likeness (QED) is 0.333. The molecule has 3 atom stereocenters. The molecule has 0 spiro atoms. The number of nitrogens with zero attached hydrogens (tertiary/aromatic N) is 2. The third-order valence-corrected chi connectivity index (χ3v) is 5.01. The van der Waals surface area contributed by atoms with Crippen molar-refractivity contribution in [1.29, 1.82) is 0 Å². The summed E-state index contributed by atoms with van der Waals surface area (Å²) in [6.45, 7) is 3.22. The average Bonchev–Trinajstić information content (AvgIpc) is 3.04. The molecule has 1 aliphatic heterocycles. The Morgan fingerprint density at radius 1 is 1.18 bits per heavy atom. The monoisotopic (exact) mass is 491 g/mol. The van der Waals surface area contributed by atoms with Gasteiger partial charge in [0.15, 0.2) is 0 Å². The van der Waals surface area contributed by atoms with Crippen molar-refractivity contribution in [2.75, 3.05) is 25.1 Å². The Morgan fingerprint density at radius 2 is 1.82 bits per heavy atom. The van der Waals surface area contributed by atoms with Crippen LogP contribution in [0.2, 0.25) is 0 Å². The maximum absolute atomic E-state index is 15.0. The van der Waals surface area contributed by atoms with Crippen molar-refractivity contribution in [1.82, 2.24) is 9.55 Å². The fourth-order valence-corrected chi connectivity index (χ4v) is 3.22. The van der Waals surface area contributed by atoms with Crippen molar-refractivity contribution in [3.8, 4) is 0 Å². The third kappa shape index (κ3) is 7.35. The van der Waals surface area contributed by atoms with Gasteiger partial charge in [0.2, 0.25) is 12.3 Å². The number of unbranched alkanes of at least 4 members (excludes halogenated alkanes) is 4. The van der Waals surface area contributed by atoms with E-state index in [2.05, 4.69) is 10.3 Å². The Balaban J connectivity index is 2.06. The fraction of sp³-hybridized carbons (Fsp3) is 0.714. The van der Waals surface area contributed by atoms with Crippen molar-refractivity contribution >= 4 is 18.1 Å². The topological polar surface area (TPSA) is 138 Å². The maximum Gasteiger partial charge on any atom is 0.508 e. The third-order valence-electron chi connectivity index (χ3n) is 5.01. The van der Waals surface area contributed by atoms with Crippen LogP contribution < -0.4 is 11.0 Å². The summed E-state index contributed by atoms with van der Waals surface area (Å²) in [7, 11) is 0. The van der Waals surface area contributed by atoms with E-state index in [9.17, 15) is 19.5 Å². The summed E-state index contributed by atoms with van der Waals surface area (Å²) in [6.07, 6.45) is -2.52. The average molecular weight is 491 g/mol. The molecular formula is C21H31F2N3O8. The molecule has 2 heterocycles. The van der Waals surface area contributed by atoms with Gasteiger partial charge in [-0.2, -0.15) is 13.8 Å². The van der Waals surface area contributed by atoms with E-state index in [-0.39, 0.29) is 19.0 Å². The number of aliphatic hydroxyl groups is 1. The van der Waals surface area contributed by atoms with Gasteiger partial charge in [0, 0.05) is 6.20 Å². The summed E-state index contributed by atoms with van der Waals surface area (Å²) in [5.41, 5.74) is -1.16. The number of carbonyl (C=O) groups excluding carboxylic acids is 2. The van der Waals surface area contributed by atoms with Gasteiger partial charge in [-0.3, -0.25) is 9.88 Å². The molecule has 1 fully saturated rings. The standard InChI is InChI=1S/C21H31F2N3O8/c1-3-5-7-11-31-19(29)25-15-9-10-26(18(28)24-15)17-21(22,23)16(14(13-27)33-17)34-20(30)32-12-8-6-4-2/h9-10,14,16-17,27H,3-8,11-13H2,1-2H3,(H,24,25,28,29)/t14?,16-,17-/m1/s1. The number of rotatable bonds is 12. The van der Waals surface area contributed by atoms with Crippen molar-refractivity contribution in [2.24, 2.45) is 0 Å². The number of nitrogens with one attached hydrogen (secondary N) is 1. The van der Waals surface area contributed by atoms with Gasteiger partial charge >= 0.3 is 23.9 Å². The largest absolute Gasteiger partial charge is 0.508 e. The molecule has 11 nitrogen and oxygen atoms in total. The summed E-state index contributed by atoms with van der Waals surface area (Å²) in [5.74, 6) is -4.10. The van der Waals surface area contributed by atoms with Crippen LogP contribution in [0.4, 0.5) is 24.2 Å². The molecule has 1 aromatic rings. The zero-order valence-corrected chi connectivity index (χ0v) is 19.2. The molecule has 34 heavy (non-hydrogen) atoms. The predicted molar refractivity (Wildman–Crippen MR) is 115 cm³/mol. The molecule has 13 heteroatoms. The normalized spacial score (nSPS) is 21.1. The Morgan fingerprint density at radius 3 is 2.41 bits per heavy atom. The number of carbonyl (C=O) groups is 2. The Labute approximate surface area is 195 Å². The minimum atomic E-state index is -3.89. The molecule has 1 saturated heterocycles.